The first kappa shape index (κ1) is 8.48. The van der Waals surface area contributed by atoms with E-state index < -0.39 is 0 Å². The fraction of sp³-hybridized carbons (Fsp3) is 0.600. The van der Waals surface area contributed by atoms with E-state index in [4.69, 9.17) is 0 Å². The van der Waals surface area contributed by atoms with E-state index in [2.05, 4.69) is 9.55 Å². The molecule has 0 atom stereocenters. The molecule has 0 spiro atoms. The van der Waals surface area contributed by atoms with Crippen LogP contribution in [0, 0.1) is 6.92 Å². The van der Waals surface area contributed by atoms with Crippen molar-refractivity contribution in [3.8, 4) is 0 Å². The van der Waals surface area contributed by atoms with Gasteiger partial charge in [-0.25, -0.2) is 0 Å². The second kappa shape index (κ2) is 3.32. The van der Waals surface area contributed by atoms with E-state index in [-0.39, 0.29) is 5.56 Å². The summed E-state index contributed by atoms with van der Waals surface area (Å²) in [5.74, 6) is 0.966. The smallest absolute Gasteiger partial charge is 0.275 e. The van der Waals surface area contributed by atoms with Gasteiger partial charge in [-0.15, -0.1) is 0 Å². The molecule has 3 heteroatoms. The van der Waals surface area contributed by atoms with E-state index in [1.165, 1.54) is 12.8 Å². The van der Waals surface area contributed by atoms with Crippen LogP contribution in [-0.2, 0) is 13.0 Å². The Balaban J connectivity index is 2.49. The van der Waals surface area contributed by atoms with Crippen LogP contribution in [0.2, 0.25) is 0 Å². The Morgan fingerprint density at radius 3 is 3.08 bits per heavy atom. The van der Waals surface area contributed by atoms with Gasteiger partial charge >= 0.3 is 0 Å². The second-order valence-corrected chi connectivity index (χ2v) is 3.65. The quantitative estimate of drug-likeness (QED) is 0.599. The van der Waals surface area contributed by atoms with Crippen molar-refractivity contribution in [2.45, 2.75) is 39.2 Å². The van der Waals surface area contributed by atoms with Gasteiger partial charge < -0.3 is 4.57 Å². The summed E-state index contributed by atoms with van der Waals surface area (Å²) < 4.78 is 2.13. The van der Waals surface area contributed by atoms with Gasteiger partial charge in [0.15, 0.2) is 0 Å². The van der Waals surface area contributed by atoms with E-state index in [1.54, 1.807) is 0 Å². The predicted molar refractivity (Wildman–Crippen MR) is 50.8 cm³/mol. The van der Waals surface area contributed by atoms with Gasteiger partial charge in [-0.3, -0.25) is 4.79 Å². The Bertz CT molecular complexity index is 368. The summed E-state index contributed by atoms with van der Waals surface area (Å²) in [4.78, 5) is 15.4. The van der Waals surface area contributed by atoms with Crippen LogP contribution in [-0.4, -0.2) is 9.55 Å². The molecule has 1 aromatic heterocycles. The van der Waals surface area contributed by atoms with E-state index in [0.717, 1.165) is 30.8 Å². The van der Waals surface area contributed by atoms with Gasteiger partial charge in [0.05, 0.1) is 0 Å². The van der Waals surface area contributed by atoms with Crippen molar-refractivity contribution >= 4 is 0 Å². The lowest BCUT2D eigenvalue weighted by molar-refractivity contribution is 0.620. The molecule has 0 amide bonds. The highest BCUT2D eigenvalue weighted by molar-refractivity contribution is 5.05. The molecule has 0 saturated heterocycles. The number of nitrogens with zero attached hydrogens (tertiary/aromatic N) is 2. The molecule has 2 rings (SSSR count). The maximum atomic E-state index is 11.3. The molecule has 0 aliphatic carbocycles. The normalized spacial score (nSPS) is 16.4. The molecule has 13 heavy (non-hydrogen) atoms. The zero-order valence-electron chi connectivity index (χ0n) is 7.92. The first-order valence-electron chi connectivity index (χ1n) is 4.84. The van der Waals surface area contributed by atoms with Crippen molar-refractivity contribution in [2.75, 3.05) is 0 Å². The lowest BCUT2D eigenvalue weighted by Gasteiger charge is -2.08. The summed E-state index contributed by atoms with van der Waals surface area (Å²) in [5, 5.41) is 0. The molecule has 1 aliphatic rings. The number of rotatable bonds is 0. The third-order valence-electron chi connectivity index (χ3n) is 2.55. The molecule has 0 unspecified atom stereocenters. The van der Waals surface area contributed by atoms with E-state index >= 15 is 0 Å². The van der Waals surface area contributed by atoms with Crippen LogP contribution < -0.4 is 5.56 Å². The number of hydrogen-bond donors (Lipinski definition) is 0. The summed E-state index contributed by atoms with van der Waals surface area (Å²) >= 11 is 0. The Kier molecular flexibility index (Phi) is 2.17. The average molecular weight is 178 g/mol. The highest BCUT2D eigenvalue weighted by Crippen LogP contribution is 2.11. The lowest BCUT2D eigenvalue weighted by Crippen LogP contribution is -2.18. The first-order chi connectivity index (χ1) is 6.27. The Labute approximate surface area is 77.4 Å². The van der Waals surface area contributed by atoms with Crippen LogP contribution in [0.3, 0.4) is 0 Å². The lowest BCUT2D eigenvalue weighted by atomic mass is 10.2. The standard InChI is InChI=1S/C10H14N2O/c1-8-7-12-6-4-2-3-5-9(12)11-10(8)13/h7H,2-6H2,1H3. The van der Waals surface area contributed by atoms with Gasteiger partial charge in [0.2, 0.25) is 0 Å². The molecule has 0 N–H and O–H groups in total. The number of hydrogen-bond acceptors (Lipinski definition) is 2. The fourth-order valence-corrected chi connectivity index (χ4v) is 1.77. The molecule has 1 aliphatic heterocycles. The molecule has 0 fully saturated rings. The molecule has 3 nitrogen and oxygen atoms in total. The topological polar surface area (TPSA) is 34.9 Å². The number of aryl methyl sites for hydroxylation is 3. The molecule has 0 radical (unpaired) electrons. The highest BCUT2D eigenvalue weighted by Gasteiger charge is 2.08. The van der Waals surface area contributed by atoms with Crippen molar-refractivity contribution in [1.82, 2.24) is 9.55 Å². The van der Waals surface area contributed by atoms with Crippen LogP contribution in [0.1, 0.15) is 30.7 Å². The zero-order valence-corrected chi connectivity index (χ0v) is 7.92. The SMILES string of the molecule is Cc1cn2c(nc1=O)CCCCC2. The van der Waals surface area contributed by atoms with Crippen LogP contribution in [0.5, 0.6) is 0 Å². The van der Waals surface area contributed by atoms with Crippen LogP contribution in [0.15, 0.2) is 11.0 Å². The Morgan fingerprint density at radius 1 is 1.38 bits per heavy atom. The van der Waals surface area contributed by atoms with Crippen molar-refractivity contribution in [1.29, 1.82) is 0 Å². The number of fused-ring (bicyclic) bond motifs is 1. The second-order valence-electron chi connectivity index (χ2n) is 3.65. The van der Waals surface area contributed by atoms with Crippen LogP contribution >= 0.6 is 0 Å². The largest absolute Gasteiger partial charge is 0.336 e. The minimum atomic E-state index is -0.0619. The van der Waals surface area contributed by atoms with Crippen LogP contribution in [0.4, 0.5) is 0 Å². The van der Waals surface area contributed by atoms with Gasteiger partial charge in [0.1, 0.15) is 5.82 Å². The average Bonchev–Trinajstić information content (AvgIpc) is 2.31. The van der Waals surface area contributed by atoms with Gasteiger partial charge in [-0.1, -0.05) is 6.42 Å². The van der Waals surface area contributed by atoms with Gasteiger partial charge in [-0.05, 0) is 19.8 Å². The molecule has 0 aromatic carbocycles. The fourth-order valence-electron chi connectivity index (χ4n) is 1.77. The summed E-state index contributed by atoms with van der Waals surface area (Å²) in [6.45, 7) is 2.84. The molecule has 1 aromatic rings. The molecule has 0 saturated carbocycles. The molecular formula is C10H14N2O. The molecule has 2 heterocycles. The predicted octanol–water partition coefficient (Wildman–Crippen LogP) is 1.28. The van der Waals surface area contributed by atoms with Crippen molar-refractivity contribution in [3.05, 3.63) is 27.9 Å². The van der Waals surface area contributed by atoms with Crippen LogP contribution in [0.25, 0.3) is 0 Å². The summed E-state index contributed by atoms with van der Waals surface area (Å²) in [7, 11) is 0. The Hall–Kier alpha value is -1.12. The minimum absolute atomic E-state index is 0.0619. The number of aromatic nitrogens is 2. The maximum Gasteiger partial charge on any atom is 0.275 e. The van der Waals surface area contributed by atoms with E-state index in [1.807, 2.05) is 13.1 Å². The third-order valence-corrected chi connectivity index (χ3v) is 2.55. The third kappa shape index (κ3) is 1.64. The van der Waals surface area contributed by atoms with Crippen molar-refractivity contribution in [3.63, 3.8) is 0 Å². The Morgan fingerprint density at radius 2 is 2.23 bits per heavy atom. The molecule has 70 valence electrons. The zero-order chi connectivity index (χ0) is 9.26. The van der Waals surface area contributed by atoms with Crippen molar-refractivity contribution in [2.24, 2.45) is 0 Å². The monoisotopic (exact) mass is 178 g/mol. The summed E-state index contributed by atoms with van der Waals surface area (Å²) in [6.07, 6.45) is 6.51. The summed E-state index contributed by atoms with van der Waals surface area (Å²) in [5.41, 5.74) is 0.693. The van der Waals surface area contributed by atoms with E-state index in [9.17, 15) is 4.79 Å². The minimum Gasteiger partial charge on any atom is -0.336 e. The molecule has 0 bridgehead atoms. The maximum absolute atomic E-state index is 11.3. The highest BCUT2D eigenvalue weighted by atomic mass is 16.1. The first-order valence-corrected chi connectivity index (χ1v) is 4.84. The van der Waals surface area contributed by atoms with Gasteiger partial charge in [0, 0.05) is 24.7 Å². The van der Waals surface area contributed by atoms with Gasteiger partial charge in [-0.2, -0.15) is 4.98 Å². The van der Waals surface area contributed by atoms with E-state index in [0.29, 0.717) is 0 Å². The molecular weight excluding hydrogens is 164 g/mol. The van der Waals surface area contributed by atoms with Crippen molar-refractivity contribution < 1.29 is 0 Å². The van der Waals surface area contributed by atoms with Gasteiger partial charge in [0.25, 0.3) is 5.56 Å². The summed E-state index contributed by atoms with van der Waals surface area (Å²) in [6, 6.07) is 0.